The van der Waals surface area contributed by atoms with E-state index >= 15 is 0 Å². The molecule has 2 aromatic carbocycles. The van der Waals surface area contributed by atoms with Crippen LogP contribution in [0.2, 0.25) is 0 Å². The Morgan fingerprint density at radius 1 is 1.04 bits per heavy atom. The van der Waals surface area contributed by atoms with E-state index in [0.717, 1.165) is 11.0 Å². The van der Waals surface area contributed by atoms with Crippen molar-refractivity contribution in [2.24, 2.45) is 0 Å². The SMILES string of the molecule is CSc1cc(B2OC(C)(C)C(C)(C)O2)cc(OCc2ccccc2)c1F. The number of thioether (sulfide) groups is 1. The molecule has 0 N–H and O–H groups in total. The lowest BCUT2D eigenvalue weighted by atomic mass is 9.79. The highest BCUT2D eigenvalue weighted by atomic mass is 32.2. The molecule has 2 aromatic rings. The van der Waals surface area contributed by atoms with Crippen LogP contribution in [0.15, 0.2) is 47.4 Å². The Morgan fingerprint density at radius 2 is 1.65 bits per heavy atom. The number of halogens is 1. The fraction of sp³-hybridized carbons (Fsp3) is 0.400. The summed E-state index contributed by atoms with van der Waals surface area (Å²) in [4.78, 5) is 0.514. The first-order valence-electron chi connectivity index (χ1n) is 8.63. The highest BCUT2D eigenvalue weighted by Crippen LogP contribution is 2.37. The first-order valence-corrected chi connectivity index (χ1v) is 9.86. The van der Waals surface area contributed by atoms with Crippen LogP contribution in [0.3, 0.4) is 0 Å². The predicted molar refractivity (Wildman–Crippen MR) is 105 cm³/mol. The van der Waals surface area contributed by atoms with Gasteiger partial charge in [-0.2, -0.15) is 0 Å². The zero-order valence-corrected chi connectivity index (χ0v) is 16.7. The standard InChI is InChI=1S/C20H24BFO3S/c1-19(2)20(3,4)25-21(24-19)15-11-16(18(22)17(12-15)26-5)23-13-14-9-7-6-8-10-14/h6-12H,13H2,1-5H3. The normalized spacial score (nSPS) is 18.2. The molecule has 26 heavy (non-hydrogen) atoms. The Hall–Kier alpha value is -1.50. The summed E-state index contributed by atoms with van der Waals surface area (Å²) >= 11 is 1.34. The maximum absolute atomic E-state index is 14.7. The first-order chi connectivity index (χ1) is 12.2. The third kappa shape index (κ3) is 3.78. The van der Waals surface area contributed by atoms with Gasteiger partial charge in [0.2, 0.25) is 0 Å². The number of hydrogen-bond donors (Lipinski definition) is 0. The molecule has 0 atom stereocenters. The van der Waals surface area contributed by atoms with E-state index in [9.17, 15) is 4.39 Å². The molecular formula is C20H24BFO3S. The average Bonchev–Trinajstić information content (AvgIpc) is 2.82. The quantitative estimate of drug-likeness (QED) is 0.572. The zero-order valence-electron chi connectivity index (χ0n) is 15.8. The minimum atomic E-state index is -0.550. The van der Waals surface area contributed by atoms with Crippen molar-refractivity contribution in [3.05, 3.63) is 53.8 Å². The van der Waals surface area contributed by atoms with E-state index in [1.165, 1.54) is 11.8 Å². The van der Waals surface area contributed by atoms with Gasteiger partial charge in [-0.3, -0.25) is 0 Å². The van der Waals surface area contributed by atoms with Crippen molar-refractivity contribution < 1.29 is 18.4 Å². The van der Waals surface area contributed by atoms with E-state index in [0.29, 0.717) is 11.5 Å². The van der Waals surface area contributed by atoms with Gasteiger partial charge in [0.05, 0.1) is 11.2 Å². The molecule has 1 aliphatic heterocycles. The molecule has 0 saturated carbocycles. The number of hydrogen-bond acceptors (Lipinski definition) is 4. The molecule has 1 fully saturated rings. The minimum Gasteiger partial charge on any atom is -0.486 e. The van der Waals surface area contributed by atoms with Crippen LogP contribution in [0, 0.1) is 5.82 Å². The van der Waals surface area contributed by atoms with Crippen LogP contribution in [-0.4, -0.2) is 24.6 Å². The number of benzene rings is 2. The molecule has 1 heterocycles. The van der Waals surface area contributed by atoms with Crippen molar-refractivity contribution in [2.45, 2.75) is 50.4 Å². The molecule has 0 aromatic heterocycles. The summed E-state index contributed by atoms with van der Waals surface area (Å²) in [6.07, 6.45) is 1.84. The van der Waals surface area contributed by atoms with Gasteiger partial charge in [-0.25, -0.2) is 4.39 Å². The molecule has 3 nitrogen and oxygen atoms in total. The van der Waals surface area contributed by atoms with Crippen molar-refractivity contribution in [2.75, 3.05) is 6.26 Å². The van der Waals surface area contributed by atoms with Crippen LogP contribution in [0.4, 0.5) is 4.39 Å². The maximum Gasteiger partial charge on any atom is 0.495 e. The Labute approximate surface area is 159 Å². The second kappa shape index (κ2) is 7.26. The van der Waals surface area contributed by atoms with E-state index in [1.807, 2.05) is 64.3 Å². The van der Waals surface area contributed by atoms with Gasteiger partial charge in [0, 0.05) is 4.90 Å². The molecule has 0 spiro atoms. The van der Waals surface area contributed by atoms with Gasteiger partial charge in [0.1, 0.15) is 6.61 Å². The molecular weight excluding hydrogens is 350 g/mol. The predicted octanol–water partition coefficient (Wildman–Crippen LogP) is 4.43. The van der Waals surface area contributed by atoms with Crippen LogP contribution in [0.25, 0.3) is 0 Å². The Balaban J connectivity index is 1.88. The molecule has 0 amide bonds. The molecule has 138 valence electrons. The fourth-order valence-corrected chi connectivity index (χ4v) is 3.23. The summed E-state index contributed by atoms with van der Waals surface area (Å²) in [5, 5.41) is 0. The Morgan fingerprint density at radius 3 is 2.23 bits per heavy atom. The van der Waals surface area contributed by atoms with Crippen molar-refractivity contribution in [3.8, 4) is 5.75 Å². The lowest BCUT2D eigenvalue weighted by Gasteiger charge is -2.32. The summed E-state index contributed by atoms with van der Waals surface area (Å²) in [5.74, 6) is -0.140. The third-order valence-corrected chi connectivity index (χ3v) is 5.75. The lowest BCUT2D eigenvalue weighted by molar-refractivity contribution is 0.00578. The summed E-state index contributed by atoms with van der Waals surface area (Å²) < 4.78 is 32.7. The van der Waals surface area contributed by atoms with E-state index in [4.69, 9.17) is 14.0 Å². The van der Waals surface area contributed by atoms with Gasteiger partial charge in [-0.05, 0) is 57.1 Å². The minimum absolute atomic E-state index is 0.213. The van der Waals surface area contributed by atoms with E-state index < -0.39 is 18.3 Å². The zero-order chi connectivity index (χ0) is 18.9. The highest BCUT2D eigenvalue weighted by Gasteiger charge is 2.52. The maximum atomic E-state index is 14.7. The first kappa shape index (κ1) is 19.3. The average molecular weight is 374 g/mol. The fourth-order valence-electron chi connectivity index (χ4n) is 2.70. The van der Waals surface area contributed by atoms with Crippen LogP contribution < -0.4 is 10.2 Å². The van der Waals surface area contributed by atoms with E-state index in [1.54, 1.807) is 12.1 Å². The second-order valence-corrected chi connectivity index (χ2v) is 8.25. The number of ether oxygens (including phenoxy) is 1. The van der Waals surface area contributed by atoms with Crippen molar-refractivity contribution in [1.29, 1.82) is 0 Å². The van der Waals surface area contributed by atoms with Gasteiger partial charge in [0.15, 0.2) is 11.6 Å². The van der Waals surface area contributed by atoms with Crippen LogP contribution >= 0.6 is 11.8 Å². The van der Waals surface area contributed by atoms with E-state index in [2.05, 4.69) is 0 Å². The molecule has 1 saturated heterocycles. The van der Waals surface area contributed by atoms with Crippen LogP contribution in [-0.2, 0) is 15.9 Å². The van der Waals surface area contributed by atoms with Crippen molar-refractivity contribution in [3.63, 3.8) is 0 Å². The summed E-state index contributed by atoms with van der Waals surface area (Å²) in [6, 6.07) is 13.2. The Kier molecular flexibility index (Phi) is 5.38. The van der Waals surface area contributed by atoms with Gasteiger partial charge < -0.3 is 14.0 Å². The molecule has 0 bridgehead atoms. The summed E-state index contributed by atoms with van der Waals surface area (Å²) in [5.41, 5.74) is 0.851. The third-order valence-electron chi connectivity index (χ3n) is 5.01. The largest absolute Gasteiger partial charge is 0.495 e. The lowest BCUT2D eigenvalue weighted by Crippen LogP contribution is -2.41. The molecule has 1 aliphatic rings. The second-order valence-electron chi connectivity index (χ2n) is 7.40. The number of rotatable bonds is 5. The van der Waals surface area contributed by atoms with Crippen LogP contribution in [0.1, 0.15) is 33.3 Å². The van der Waals surface area contributed by atoms with Crippen LogP contribution in [0.5, 0.6) is 5.75 Å². The monoisotopic (exact) mass is 374 g/mol. The molecule has 0 radical (unpaired) electrons. The smallest absolute Gasteiger partial charge is 0.486 e. The van der Waals surface area contributed by atoms with E-state index in [-0.39, 0.29) is 11.6 Å². The molecule has 0 unspecified atom stereocenters. The van der Waals surface area contributed by atoms with Gasteiger partial charge in [-0.1, -0.05) is 30.3 Å². The molecule has 3 rings (SSSR count). The van der Waals surface area contributed by atoms with Crippen molar-refractivity contribution in [1.82, 2.24) is 0 Å². The van der Waals surface area contributed by atoms with Crippen molar-refractivity contribution >= 4 is 24.3 Å². The highest BCUT2D eigenvalue weighted by molar-refractivity contribution is 7.98. The summed E-state index contributed by atoms with van der Waals surface area (Å²) in [7, 11) is -0.550. The Bertz CT molecular complexity index is 764. The topological polar surface area (TPSA) is 27.7 Å². The van der Waals surface area contributed by atoms with Gasteiger partial charge in [-0.15, -0.1) is 11.8 Å². The molecule has 6 heteroatoms. The summed E-state index contributed by atoms with van der Waals surface area (Å²) in [6.45, 7) is 8.30. The molecule has 0 aliphatic carbocycles. The van der Waals surface area contributed by atoms with Gasteiger partial charge >= 0.3 is 7.12 Å². The van der Waals surface area contributed by atoms with Gasteiger partial charge in [0.25, 0.3) is 0 Å².